The van der Waals surface area contributed by atoms with Crippen molar-refractivity contribution in [3.05, 3.63) is 109 Å². The molecule has 5 rings (SSSR count). The van der Waals surface area contributed by atoms with Gasteiger partial charge in [-0.25, -0.2) is 0 Å². The van der Waals surface area contributed by atoms with E-state index in [9.17, 15) is 0 Å². The molecule has 0 N–H and O–H groups in total. The molecule has 0 bridgehead atoms. The van der Waals surface area contributed by atoms with Crippen LogP contribution in [0.4, 0.5) is 11.9 Å². The van der Waals surface area contributed by atoms with Gasteiger partial charge < -0.3 is 28.7 Å². The van der Waals surface area contributed by atoms with Crippen molar-refractivity contribution in [1.29, 1.82) is 0 Å². The summed E-state index contributed by atoms with van der Waals surface area (Å²) in [6.07, 6.45) is 11.1. The summed E-state index contributed by atoms with van der Waals surface area (Å²) in [6.45, 7) is 9.29. The monoisotopic (exact) mass is 771 g/mol. The minimum Gasteiger partial charge on any atom is -0.497 e. The van der Waals surface area contributed by atoms with Crippen LogP contribution in [0, 0.1) is 0 Å². The van der Waals surface area contributed by atoms with Gasteiger partial charge in [0.1, 0.15) is 23.0 Å². The molecule has 5 aromatic rings. The third-order valence-electron chi connectivity index (χ3n) is 10.0. The van der Waals surface area contributed by atoms with Crippen molar-refractivity contribution in [2.75, 3.05) is 64.4 Å². The second-order valence-electron chi connectivity index (χ2n) is 14.6. The number of allylic oxidation sites excluding steroid dienone is 1. The predicted molar refractivity (Wildman–Crippen MR) is 235 cm³/mol. The quantitative estimate of drug-likeness (QED) is 0.0539. The molecule has 0 saturated heterocycles. The van der Waals surface area contributed by atoms with E-state index in [1.54, 1.807) is 14.2 Å². The highest BCUT2D eigenvalue weighted by atomic mass is 16.5. The first-order valence-corrected chi connectivity index (χ1v) is 20.4. The lowest BCUT2D eigenvalue weighted by molar-refractivity contribution is 0.304. The van der Waals surface area contributed by atoms with Crippen molar-refractivity contribution in [2.45, 2.75) is 71.1 Å². The maximum Gasteiger partial charge on any atom is 0.230 e. The molecule has 4 aromatic carbocycles. The average molecular weight is 772 g/mol. The highest BCUT2D eigenvalue weighted by Crippen LogP contribution is 2.26. The molecular formula is C48H61N5O4. The number of nitrogens with zero attached hydrogens (tertiary/aromatic N) is 5. The Morgan fingerprint density at radius 3 is 1.11 bits per heavy atom. The molecule has 0 radical (unpaired) electrons. The number of hydrogen-bond donors (Lipinski definition) is 0. The van der Waals surface area contributed by atoms with Crippen molar-refractivity contribution in [3.8, 4) is 45.3 Å². The Kier molecular flexibility index (Phi) is 17.1. The van der Waals surface area contributed by atoms with E-state index in [0.29, 0.717) is 17.7 Å². The Hall–Kier alpha value is -5.57. The molecular weight excluding hydrogens is 711 g/mol. The van der Waals surface area contributed by atoms with Crippen LogP contribution in [-0.2, 0) is 0 Å². The summed E-state index contributed by atoms with van der Waals surface area (Å²) in [5, 5.41) is 0. The van der Waals surface area contributed by atoms with E-state index in [1.165, 1.54) is 12.8 Å². The fraction of sp³-hybridized carbons (Fsp3) is 0.396. The van der Waals surface area contributed by atoms with E-state index in [-0.39, 0.29) is 0 Å². The van der Waals surface area contributed by atoms with E-state index in [2.05, 4.69) is 79.0 Å². The lowest BCUT2D eigenvalue weighted by Gasteiger charge is -2.22. The number of ether oxygens (including phenoxy) is 4. The lowest BCUT2D eigenvalue weighted by Crippen LogP contribution is -2.26. The minimum atomic E-state index is 0.652. The molecule has 0 amide bonds. The van der Waals surface area contributed by atoms with Crippen molar-refractivity contribution >= 4 is 17.5 Å². The zero-order valence-corrected chi connectivity index (χ0v) is 34.7. The van der Waals surface area contributed by atoms with Gasteiger partial charge in [0.05, 0.1) is 27.4 Å². The summed E-state index contributed by atoms with van der Waals surface area (Å²) in [5.74, 6) is 5.60. The Balaban J connectivity index is 0.930. The molecule has 0 saturated carbocycles. The van der Waals surface area contributed by atoms with Gasteiger partial charge in [-0.2, -0.15) is 15.0 Å². The Morgan fingerprint density at radius 1 is 0.456 bits per heavy atom. The van der Waals surface area contributed by atoms with Crippen molar-refractivity contribution in [1.82, 2.24) is 15.0 Å². The summed E-state index contributed by atoms with van der Waals surface area (Å²) in [6, 6.07) is 32.8. The van der Waals surface area contributed by atoms with Gasteiger partial charge >= 0.3 is 0 Å². The highest BCUT2D eigenvalue weighted by molar-refractivity contribution is 5.66. The molecule has 1 aromatic heterocycles. The van der Waals surface area contributed by atoms with Crippen LogP contribution in [0.25, 0.3) is 27.8 Å². The van der Waals surface area contributed by atoms with Crippen LogP contribution in [0.5, 0.6) is 23.0 Å². The van der Waals surface area contributed by atoms with E-state index in [0.717, 1.165) is 128 Å². The molecule has 1 heterocycles. The zero-order chi connectivity index (χ0) is 40.2. The van der Waals surface area contributed by atoms with Gasteiger partial charge in [-0.1, -0.05) is 93.6 Å². The molecule has 0 unspecified atom stereocenters. The molecule has 0 atom stereocenters. The number of aromatic nitrogens is 3. The molecule has 57 heavy (non-hydrogen) atoms. The van der Waals surface area contributed by atoms with Gasteiger partial charge in [-0.3, -0.25) is 0 Å². The van der Waals surface area contributed by atoms with Crippen LogP contribution < -0.4 is 28.7 Å². The van der Waals surface area contributed by atoms with Crippen LogP contribution in [0.15, 0.2) is 104 Å². The van der Waals surface area contributed by atoms with Crippen LogP contribution in [0.2, 0.25) is 0 Å². The average Bonchev–Trinajstić information content (AvgIpc) is 3.25. The molecule has 9 heteroatoms. The predicted octanol–water partition coefficient (Wildman–Crippen LogP) is 11.2. The molecule has 0 aliphatic heterocycles. The number of rotatable bonds is 25. The van der Waals surface area contributed by atoms with Crippen LogP contribution in [0.1, 0.15) is 77.0 Å². The fourth-order valence-corrected chi connectivity index (χ4v) is 6.48. The van der Waals surface area contributed by atoms with Crippen molar-refractivity contribution in [2.24, 2.45) is 0 Å². The van der Waals surface area contributed by atoms with Gasteiger partial charge in [0.2, 0.25) is 11.9 Å². The normalized spacial score (nSPS) is 10.9. The maximum absolute atomic E-state index is 6.01. The Bertz CT molecular complexity index is 1780. The molecule has 302 valence electrons. The smallest absolute Gasteiger partial charge is 0.230 e. The first-order valence-electron chi connectivity index (χ1n) is 20.4. The summed E-state index contributed by atoms with van der Waals surface area (Å²) in [4.78, 5) is 18.6. The van der Waals surface area contributed by atoms with E-state index in [1.807, 2.05) is 55.5 Å². The number of benzene rings is 4. The third-order valence-corrected chi connectivity index (χ3v) is 10.0. The molecule has 9 nitrogen and oxygen atoms in total. The van der Waals surface area contributed by atoms with Crippen molar-refractivity contribution < 1.29 is 18.9 Å². The molecule has 0 aliphatic rings. The zero-order valence-electron chi connectivity index (χ0n) is 34.7. The molecule has 0 spiro atoms. The largest absolute Gasteiger partial charge is 0.497 e. The first kappa shape index (κ1) is 42.6. The summed E-state index contributed by atoms with van der Waals surface area (Å²) < 4.78 is 22.5. The summed E-state index contributed by atoms with van der Waals surface area (Å²) >= 11 is 0. The SMILES string of the molecule is C=C(C)c1nc(N(C)CCCCCCCOc2ccc(-c3ccc(OC)cc3)cc2)nc(N(C)CCCCCCCOc2ccc(-c3ccc(OC)cc3)cc2)n1. The number of unbranched alkanes of at least 4 members (excludes halogenated alkanes) is 8. The van der Waals surface area contributed by atoms with Crippen molar-refractivity contribution in [3.63, 3.8) is 0 Å². The second kappa shape index (κ2) is 22.9. The van der Waals surface area contributed by atoms with Gasteiger partial charge in [0.15, 0.2) is 5.82 Å². The van der Waals surface area contributed by atoms with E-state index in [4.69, 9.17) is 33.9 Å². The van der Waals surface area contributed by atoms with Gasteiger partial charge in [0, 0.05) is 27.2 Å². The van der Waals surface area contributed by atoms with Gasteiger partial charge in [-0.15, -0.1) is 0 Å². The Labute approximate surface area is 340 Å². The van der Waals surface area contributed by atoms with Crippen LogP contribution in [0.3, 0.4) is 0 Å². The van der Waals surface area contributed by atoms with Gasteiger partial charge in [0.25, 0.3) is 0 Å². The molecule has 0 aliphatic carbocycles. The molecule has 0 fully saturated rings. The van der Waals surface area contributed by atoms with Crippen LogP contribution in [-0.4, -0.2) is 69.6 Å². The van der Waals surface area contributed by atoms with Crippen LogP contribution >= 0.6 is 0 Å². The van der Waals surface area contributed by atoms with Gasteiger partial charge in [-0.05, 0) is 109 Å². The lowest BCUT2D eigenvalue weighted by atomic mass is 10.1. The number of methoxy groups -OCH3 is 2. The summed E-state index contributed by atoms with van der Waals surface area (Å²) in [7, 11) is 7.50. The second-order valence-corrected chi connectivity index (χ2v) is 14.6. The third kappa shape index (κ3) is 13.8. The minimum absolute atomic E-state index is 0.652. The standard InChI is InChI=1S/C48H61N5O4/c1-37(2)46-49-47(52(3)33-13-9-7-11-15-35-56-44-29-21-40(22-30-44)38-17-25-42(54-5)26-18-38)51-48(50-46)53(4)34-14-10-8-12-16-36-57-45-31-23-41(24-32-45)39-19-27-43(55-6)28-20-39/h17-32H,1,7-16,33-36H2,2-6H3. The summed E-state index contributed by atoms with van der Waals surface area (Å²) in [5.41, 5.74) is 5.49. The fourth-order valence-electron chi connectivity index (χ4n) is 6.48. The van der Waals surface area contributed by atoms with E-state index < -0.39 is 0 Å². The Morgan fingerprint density at radius 2 is 0.772 bits per heavy atom. The topological polar surface area (TPSA) is 82.1 Å². The highest BCUT2D eigenvalue weighted by Gasteiger charge is 2.14. The number of hydrogen-bond acceptors (Lipinski definition) is 9. The maximum atomic E-state index is 6.01. The number of anilines is 2. The van der Waals surface area contributed by atoms with E-state index >= 15 is 0 Å². The first-order chi connectivity index (χ1) is 27.8.